The number of aromatic nitrogens is 4. The van der Waals surface area contributed by atoms with E-state index in [1.54, 1.807) is 19.3 Å². The summed E-state index contributed by atoms with van der Waals surface area (Å²) < 4.78 is 2.01. The van der Waals surface area contributed by atoms with Crippen molar-refractivity contribution >= 4 is 29.3 Å². The largest absolute Gasteiger partial charge is 0.346 e. The summed E-state index contributed by atoms with van der Waals surface area (Å²) >= 11 is 1.32. The van der Waals surface area contributed by atoms with Gasteiger partial charge in [-0.2, -0.15) is 0 Å². The number of para-hydroxylation sites is 1. The number of nitrogens with zero attached hydrogens (tertiary/aromatic N) is 4. The molecule has 0 saturated heterocycles. The molecule has 2 N–H and O–H groups in total. The van der Waals surface area contributed by atoms with Crippen LogP contribution in [0.3, 0.4) is 0 Å². The Labute approximate surface area is 192 Å². The number of carbonyl (C=O) groups is 2. The first-order valence-electron chi connectivity index (χ1n) is 10.5. The monoisotopic (exact) mass is 452 g/mol. The van der Waals surface area contributed by atoms with Crippen LogP contribution in [-0.4, -0.2) is 43.4 Å². The maximum atomic E-state index is 12.6. The van der Waals surface area contributed by atoms with E-state index in [0.717, 1.165) is 41.2 Å². The molecule has 0 spiro atoms. The lowest BCUT2D eigenvalue weighted by atomic mass is 10.1. The molecule has 0 radical (unpaired) electrons. The van der Waals surface area contributed by atoms with Crippen molar-refractivity contribution in [3.05, 3.63) is 53.9 Å². The number of hydrogen-bond donors (Lipinski definition) is 2. The fourth-order valence-electron chi connectivity index (χ4n) is 3.23. The van der Waals surface area contributed by atoms with E-state index in [-0.39, 0.29) is 18.4 Å². The number of pyridine rings is 1. The Kier molecular flexibility index (Phi) is 7.99. The molecule has 168 valence electrons. The lowest BCUT2D eigenvalue weighted by Crippen LogP contribution is -2.37. The van der Waals surface area contributed by atoms with E-state index in [9.17, 15) is 9.59 Å². The molecule has 0 bridgehead atoms. The van der Waals surface area contributed by atoms with Crippen LogP contribution in [0, 0.1) is 13.8 Å². The van der Waals surface area contributed by atoms with Crippen LogP contribution in [0.2, 0.25) is 0 Å². The number of carbonyl (C=O) groups excluding carboxylic acids is 2. The maximum Gasteiger partial charge on any atom is 0.243 e. The van der Waals surface area contributed by atoms with Crippen molar-refractivity contribution in [3.8, 4) is 11.4 Å². The second-order valence-corrected chi connectivity index (χ2v) is 8.79. The molecule has 2 heterocycles. The molecule has 2 amide bonds. The summed E-state index contributed by atoms with van der Waals surface area (Å²) in [6, 6.07) is 9.59. The van der Waals surface area contributed by atoms with Crippen molar-refractivity contribution in [1.82, 2.24) is 25.1 Å². The van der Waals surface area contributed by atoms with Gasteiger partial charge in [-0.1, -0.05) is 36.9 Å². The van der Waals surface area contributed by atoms with E-state index in [2.05, 4.69) is 32.7 Å². The van der Waals surface area contributed by atoms with E-state index in [1.165, 1.54) is 11.8 Å². The van der Waals surface area contributed by atoms with Gasteiger partial charge in [0.15, 0.2) is 11.0 Å². The quantitative estimate of drug-likeness (QED) is 0.481. The van der Waals surface area contributed by atoms with Gasteiger partial charge in [-0.05, 0) is 50.5 Å². The second kappa shape index (κ2) is 10.9. The van der Waals surface area contributed by atoms with Gasteiger partial charge in [0.25, 0.3) is 0 Å². The Bertz CT molecular complexity index is 1060. The third-order valence-electron chi connectivity index (χ3n) is 4.92. The zero-order valence-electron chi connectivity index (χ0n) is 18.8. The zero-order valence-corrected chi connectivity index (χ0v) is 19.6. The summed E-state index contributed by atoms with van der Waals surface area (Å²) in [7, 11) is 0. The molecule has 1 atom stereocenters. The Balaban J connectivity index is 1.61. The smallest absolute Gasteiger partial charge is 0.243 e. The minimum atomic E-state index is -0.437. The minimum absolute atomic E-state index is 0.0958. The van der Waals surface area contributed by atoms with Gasteiger partial charge in [-0.15, -0.1) is 10.2 Å². The molecule has 9 heteroatoms. The molecule has 0 fully saturated rings. The number of thioether (sulfide) groups is 1. The van der Waals surface area contributed by atoms with Crippen LogP contribution in [0.15, 0.2) is 47.9 Å². The highest BCUT2D eigenvalue weighted by Crippen LogP contribution is 2.27. The molecule has 32 heavy (non-hydrogen) atoms. The predicted molar refractivity (Wildman–Crippen MR) is 126 cm³/mol. The van der Waals surface area contributed by atoms with Gasteiger partial charge in [-0.3, -0.25) is 14.6 Å². The van der Waals surface area contributed by atoms with Gasteiger partial charge in [0.1, 0.15) is 0 Å². The molecule has 0 aliphatic rings. The Morgan fingerprint density at radius 2 is 1.78 bits per heavy atom. The van der Waals surface area contributed by atoms with Crippen molar-refractivity contribution in [1.29, 1.82) is 0 Å². The Hall–Kier alpha value is -3.20. The Morgan fingerprint density at radius 1 is 1.09 bits per heavy atom. The van der Waals surface area contributed by atoms with Gasteiger partial charge in [0.05, 0.1) is 11.8 Å². The molecule has 3 aromatic rings. The highest BCUT2D eigenvalue weighted by atomic mass is 32.2. The van der Waals surface area contributed by atoms with E-state index in [1.807, 2.05) is 48.7 Å². The average molecular weight is 453 g/mol. The molecule has 0 aliphatic carbocycles. The molecule has 1 aromatic carbocycles. The molecule has 0 saturated carbocycles. The van der Waals surface area contributed by atoms with Crippen LogP contribution in [0.5, 0.6) is 0 Å². The number of anilines is 1. The number of benzene rings is 1. The molecular formula is C23H28N6O2S. The number of aryl methyl sites for hydroxylation is 2. The number of nitrogens with one attached hydrogen (secondary N) is 2. The topological polar surface area (TPSA) is 102 Å². The fraction of sp³-hybridized carbons (Fsp3) is 0.348. The maximum absolute atomic E-state index is 12.6. The van der Waals surface area contributed by atoms with Gasteiger partial charge in [0.2, 0.25) is 11.8 Å². The minimum Gasteiger partial charge on any atom is -0.346 e. The summed E-state index contributed by atoms with van der Waals surface area (Å²) in [4.78, 5) is 29.0. The summed E-state index contributed by atoms with van der Waals surface area (Å²) in [5.74, 6) is 0.252. The lowest BCUT2D eigenvalue weighted by Gasteiger charge is -2.14. The summed E-state index contributed by atoms with van der Waals surface area (Å²) in [6.07, 6.45) is 4.34. The van der Waals surface area contributed by atoms with Gasteiger partial charge >= 0.3 is 0 Å². The van der Waals surface area contributed by atoms with Crippen LogP contribution in [0.1, 0.15) is 31.4 Å². The lowest BCUT2D eigenvalue weighted by molar-refractivity contribution is -0.123. The molecule has 8 nitrogen and oxygen atoms in total. The van der Waals surface area contributed by atoms with Crippen LogP contribution in [0.4, 0.5) is 5.69 Å². The number of rotatable bonds is 9. The highest BCUT2D eigenvalue weighted by Gasteiger charge is 2.21. The third kappa shape index (κ3) is 5.73. The van der Waals surface area contributed by atoms with Crippen LogP contribution in [0.25, 0.3) is 11.4 Å². The van der Waals surface area contributed by atoms with Crippen molar-refractivity contribution in [2.75, 3.05) is 11.9 Å². The van der Waals surface area contributed by atoms with E-state index in [4.69, 9.17) is 0 Å². The van der Waals surface area contributed by atoms with Crippen LogP contribution < -0.4 is 10.6 Å². The summed E-state index contributed by atoms with van der Waals surface area (Å²) in [5.41, 5.74) is 3.67. The predicted octanol–water partition coefficient (Wildman–Crippen LogP) is 3.60. The molecule has 0 aliphatic heterocycles. The van der Waals surface area contributed by atoms with Gasteiger partial charge in [0, 0.05) is 30.2 Å². The molecule has 1 unspecified atom stereocenters. The summed E-state index contributed by atoms with van der Waals surface area (Å²) in [6.45, 7) is 8.39. The summed E-state index contributed by atoms with van der Waals surface area (Å²) in [5, 5.41) is 14.4. The number of amides is 2. The first-order chi connectivity index (χ1) is 15.4. The standard InChI is InChI=1S/C23H28N6O2S/c1-5-13-29-21(18-9-11-24-12-10-18)27-28-23(29)32-17(4)22(31)25-14-19(30)26-20-15(2)7-6-8-16(20)3/h6-12,17H,5,13-14H2,1-4H3,(H,25,31)(H,26,30). The third-order valence-corrected chi connectivity index (χ3v) is 6.00. The van der Waals surface area contributed by atoms with Crippen molar-refractivity contribution < 1.29 is 9.59 Å². The average Bonchev–Trinajstić information content (AvgIpc) is 3.17. The molecule has 2 aromatic heterocycles. The fourth-order valence-corrected chi connectivity index (χ4v) is 4.13. The van der Waals surface area contributed by atoms with Gasteiger partial charge < -0.3 is 15.2 Å². The molecule has 3 rings (SSSR count). The van der Waals surface area contributed by atoms with Crippen molar-refractivity contribution in [2.45, 2.75) is 51.1 Å². The highest BCUT2D eigenvalue weighted by molar-refractivity contribution is 8.00. The zero-order chi connectivity index (χ0) is 23.1. The molecular weight excluding hydrogens is 424 g/mol. The van der Waals surface area contributed by atoms with E-state index in [0.29, 0.717) is 5.16 Å². The number of hydrogen-bond acceptors (Lipinski definition) is 6. The van der Waals surface area contributed by atoms with Crippen LogP contribution >= 0.6 is 11.8 Å². The van der Waals surface area contributed by atoms with E-state index >= 15 is 0 Å². The van der Waals surface area contributed by atoms with Crippen molar-refractivity contribution in [3.63, 3.8) is 0 Å². The SMILES string of the molecule is CCCn1c(SC(C)C(=O)NCC(=O)Nc2c(C)cccc2C)nnc1-c1ccncc1. The van der Waals surface area contributed by atoms with E-state index < -0.39 is 5.25 Å². The van der Waals surface area contributed by atoms with Gasteiger partial charge in [-0.25, -0.2) is 0 Å². The normalized spacial score (nSPS) is 11.8. The van der Waals surface area contributed by atoms with Crippen molar-refractivity contribution in [2.24, 2.45) is 0 Å². The second-order valence-electron chi connectivity index (χ2n) is 7.49. The Morgan fingerprint density at radius 3 is 2.44 bits per heavy atom. The first kappa shape index (κ1) is 23.5. The van der Waals surface area contributed by atoms with Crippen LogP contribution in [-0.2, 0) is 16.1 Å². The first-order valence-corrected chi connectivity index (χ1v) is 11.4.